The number of fused-ring (bicyclic) bond motifs is 6. The smallest absolute Gasteiger partial charge is 0.0494 e. The van der Waals surface area contributed by atoms with E-state index < -0.39 is 0 Å². The summed E-state index contributed by atoms with van der Waals surface area (Å²) in [6.07, 6.45) is 27.9. The average molecular weight is 653 g/mol. The molecule has 2 heterocycles. The van der Waals surface area contributed by atoms with Crippen molar-refractivity contribution >= 4 is 24.3 Å². The first kappa shape index (κ1) is 31.2. The van der Waals surface area contributed by atoms with Crippen molar-refractivity contribution < 1.29 is 0 Å². The Bertz CT molecular complexity index is 1980. The zero-order valence-electron chi connectivity index (χ0n) is 30.1. The van der Waals surface area contributed by atoms with Gasteiger partial charge in [0.15, 0.2) is 0 Å². The van der Waals surface area contributed by atoms with Gasteiger partial charge in [0.1, 0.15) is 0 Å². The van der Waals surface area contributed by atoms with Crippen molar-refractivity contribution in [2.75, 3.05) is 0 Å². The highest BCUT2D eigenvalue weighted by Gasteiger charge is 2.29. The normalized spacial score (nSPS) is 16.2. The van der Waals surface area contributed by atoms with Crippen LogP contribution in [0, 0.1) is 0 Å². The molecule has 0 bridgehead atoms. The molecule has 0 aliphatic heterocycles. The first-order chi connectivity index (χ1) is 24.3. The number of rotatable bonds is 6. The van der Waals surface area contributed by atoms with Gasteiger partial charge in [0, 0.05) is 45.0 Å². The molecule has 0 N–H and O–H groups in total. The summed E-state index contributed by atoms with van der Waals surface area (Å²) in [4.78, 5) is 0. The van der Waals surface area contributed by atoms with Gasteiger partial charge in [-0.2, -0.15) is 0 Å². The minimum Gasteiger partial charge on any atom is -0.310 e. The minimum absolute atomic E-state index is 0.115. The van der Waals surface area contributed by atoms with E-state index in [1.807, 2.05) is 0 Å². The van der Waals surface area contributed by atoms with Crippen LogP contribution >= 0.6 is 0 Å². The molecule has 0 spiro atoms. The summed E-state index contributed by atoms with van der Waals surface area (Å²) in [6.45, 7) is 9.42. The van der Waals surface area contributed by atoms with Crippen LogP contribution < -0.4 is 0 Å². The third kappa shape index (κ3) is 4.90. The molecule has 5 aromatic rings. The quantitative estimate of drug-likeness (QED) is 0.173. The largest absolute Gasteiger partial charge is 0.310 e. The predicted octanol–water partition coefficient (Wildman–Crippen LogP) is 11.8. The lowest BCUT2D eigenvalue weighted by Gasteiger charge is -2.30. The molecule has 2 aromatic heterocycles. The molecule has 0 fully saturated rings. The molecule has 0 atom stereocenters. The van der Waals surface area contributed by atoms with Gasteiger partial charge >= 0.3 is 0 Å². The molecular formula is C48H48N2. The van der Waals surface area contributed by atoms with Gasteiger partial charge in [-0.05, 0) is 144 Å². The zero-order valence-corrected chi connectivity index (χ0v) is 30.1. The Balaban J connectivity index is 0.974. The fourth-order valence-electron chi connectivity index (χ4n) is 9.17. The Kier molecular flexibility index (Phi) is 7.42. The summed E-state index contributed by atoms with van der Waals surface area (Å²) in [5.41, 5.74) is 19.4. The van der Waals surface area contributed by atoms with E-state index in [-0.39, 0.29) is 10.8 Å². The number of hydrogen-bond donors (Lipinski definition) is 0. The summed E-state index contributed by atoms with van der Waals surface area (Å²) >= 11 is 0. The second kappa shape index (κ2) is 11.9. The van der Waals surface area contributed by atoms with Crippen molar-refractivity contribution in [2.45, 2.75) is 89.9 Å². The van der Waals surface area contributed by atoms with E-state index >= 15 is 0 Å². The monoisotopic (exact) mass is 652 g/mol. The number of benzene rings is 3. The molecule has 0 amide bonds. The highest BCUT2D eigenvalue weighted by atomic mass is 15.0. The van der Waals surface area contributed by atoms with Gasteiger partial charge in [0.2, 0.25) is 0 Å². The molecule has 3 aromatic carbocycles. The van der Waals surface area contributed by atoms with Crippen LogP contribution in [0.1, 0.15) is 121 Å². The number of nitrogens with zero attached hydrogens (tertiary/aromatic N) is 2. The van der Waals surface area contributed by atoms with Crippen molar-refractivity contribution in [2.24, 2.45) is 0 Å². The molecule has 50 heavy (non-hydrogen) atoms. The molecule has 250 valence electrons. The lowest BCUT2D eigenvalue weighted by molar-refractivity contribution is 0.626. The summed E-state index contributed by atoms with van der Waals surface area (Å²) in [6, 6.07) is 28.1. The Labute approximate surface area is 298 Å². The first-order valence-electron chi connectivity index (χ1n) is 18.8. The summed E-state index contributed by atoms with van der Waals surface area (Å²) in [5, 5.41) is 0. The van der Waals surface area contributed by atoms with Crippen LogP contribution in [0.4, 0.5) is 0 Å². The Morgan fingerprint density at radius 2 is 0.600 bits per heavy atom. The minimum atomic E-state index is -0.115. The number of aromatic nitrogens is 2. The van der Waals surface area contributed by atoms with Crippen LogP contribution in [0.5, 0.6) is 0 Å². The molecular weight excluding hydrogens is 605 g/mol. The van der Waals surface area contributed by atoms with Crippen LogP contribution in [0.15, 0.2) is 97.1 Å². The van der Waals surface area contributed by atoms with Gasteiger partial charge in [0.25, 0.3) is 0 Å². The molecule has 9 rings (SSSR count). The highest BCUT2D eigenvalue weighted by molar-refractivity contribution is 5.71. The van der Waals surface area contributed by atoms with Crippen molar-refractivity contribution in [1.29, 1.82) is 0 Å². The van der Waals surface area contributed by atoms with E-state index in [4.69, 9.17) is 0 Å². The van der Waals surface area contributed by atoms with Crippen molar-refractivity contribution in [3.05, 3.63) is 164 Å². The Morgan fingerprint density at radius 1 is 0.360 bits per heavy atom. The van der Waals surface area contributed by atoms with Gasteiger partial charge in [-0.25, -0.2) is 0 Å². The van der Waals surface area contributed by atoms with Gasteiger partial charge in [-0.1, -0.05) is 101 Å². The van der Waals surface area contributed by atoms with Crippen LogP contribution in [-0.4, -0.2) is 9.13 Å². The SMILES string of the molecule is CC(C)(c1ccc(-n2c3c(c4c2C=CCC4)CCC=C3)cc1)c1ccc(C(C)(C)c2ccc(-n3c4c(c5c3C=CCC5)CCC=C4)cc2)cc1. The van der Waals surface area contributed by atoms with E-state index in [1.54, 1.807) is 22.3 Å². The van der Waals surface area contributed by atoms with Gasteiger partial charge in [0.05, 0.1) is 0 Å². The van der Waals surface area contributed by atoms with Gasteiger partial charge < -0.3 is 9.13 Å². The molecule has 4 aliphatic rings. The fourth-order valence-corrected chi connectivity index (χ4v) is 9.17. The van der Waals surface area contributed by atoms with E-state index in [0.717, 1.165) is 51.4 Å². The van der Waals surface area contributed by atoms with Crippen LogP contribution in [0.25, 0.3) is 35.7 Å². The summed E-state index contributed by atoms with van der Waals surface area (Å²) in [5.74, 6) is 0. The molecule has 0 saturated carbocycles. The zero-order chi connectivity index (χ0) is 34.0. The molecule has 0 radical (unpaired) electrons. The predicted molar refractivity (Wildman–Crippen MR) is 212 cm³/mol. The topological polar surface area (TPSA) is 9.86 Å². The van der Waals surface area contributed by atoms with Crippen LogP contribution in [-0.2, 0) is 36.5 Å². The summed E-state index contributed by atoms with van der Waals surface area (Å²) in [7, 11) is 0. The lowest BCUT2D eigenvalue weighted by Crippen LogP contribution is -2.21. The Morgan fingerprint density at radius 3 is 0.860 bits per heavy atom. The second-order valence-corrected chi connectivity index (χ2v) is 15.8. The maximum absolute atomic E-state index is 2.49. The standard InChI is InChI=1S/C48H48N2/c1-47(2,35-25-29-37(30-26-35)49-43-17-9-5-13-39(43)40-14-6-10-18-44(40)49)33-21-23-34(24-22-33)48(3,4)36-27-31-38(32-28-36)50-45-19-11-7-15-41(45)42-16-8-12-20-46(42)50/h9-12,17-32H,5-8,13-16H2,1-4H3. The maximum atomic E-state index is 2.49. The fraction of sp³-hybridized carbons (Fsp3) is 0.292. The van der Waals surface area contributed by atoms with Crippen LogP contribution in [0.2, 0.25) is 0 Å². The first-order valence-corrected chi connectivity index (χ1v) is 18.8. The van der Waals surface area contributed by atoms with Crippen molar-refractivity contribution in [3.8, 4) is 11.4 Å². The van der Waals surface area contributed by atoms with Gasteiger partial charge in [-0.15, -0.1) is 0 Å². The maximum Gasteiger partial charge on any atom is 0.0494 e. The number of hydrogen-bond acceptors (Lipinski definition) is 0. The highest BCUT2D eigenvalue weighted by Crippen LogP contribution is 2.40. The average Bonchev–Trinajstić information content (AvgIpc) is 3.68. The van der Waals surface area contributed by atoms with Crippen molar-refractivity contribution in [3.63, 3.8) is 0 Å². The molecule has 0 unspecified atom stereocenters. The summed E-state index contributed by atoms with van der Waals surface area (Å²) < 4.78 is 4.98. The lowest BCUT2D eigenvalue weighted by atomic mass is 9.74. The van der Waals surface area contributed by atoms with E-state index in [2.05, 4.69) is 158 Å². The van der Waals surface area contributed by atoms with E-state index in [9.17, 15) is 0 Å². The third-order valence-electron chi connectivity index (χ3n) is 12.3. The number of allylic oxidation sites excluding steroid dienone is 4. The Hall–Kier alpha value is -4.82. The van der Waals surface area contributed by atoms with Crippen molar-refractivity contribution in [1.82, 2.24) is 9.13 Å². The van der Waals surface area contributed by atoms with E-state index in [1.165, 1.54) is 56.4 Å². The molecule has 2 nitrogen and oxygen atoms in total. The van der Waals surface area contributed by atoms with Crippen LogP contribution in [0.3, 0.4) is 0 Å². The molecule has 2 heteroatoms. The molecule has 0 saturated heterocycles. The third-order valence-corrected chi connectivity index (χ3v) is 12.3. The second-order valence-electron chi connectivity index (χ2n) is 15.8. The van der Waals surface area contributed by atoms with E-state index in [0.29, 0.717) is 0 Å². The molecule has 4 aliphatic carbocycles. The van der Waals surface area contributed by atoms with Gasteiger partial charge in [-0.3, -0.25) is 0 Å².